The lowest BCUT2D eigenvalue weighted by Gasteiger charge is -2.13. The summed E-state index contributed by atoms with van der Waals surface area (Å²) >= 11 is 3.10. The van der Waals surface area contributed by atoms with E-state index in [2.05, 4.69) is 20.7 Å². The van der Waals surface area contributed by atoms with Gasteiger partial charge in [-0.15, -0.1) is 0 Å². The average Bonchev–Trinajstić information content (AvgIpc) is 2.59. The van der Waals surface area contributed by atoms with Crippen molar-refractivity contribution in [1.29, 1.82) is 0 Å². The molecule has 23 heavy (non-hydrogen) atoms. The lowest BCUT2D eigenvalue weighted by Crippen LogP contribution is -2.20. The van der Waals surface area contributed by atoms with Crippen molar-refractivity contribution in [2.75, 3.05) is 12.4 Å². The third-order valence-electron chi connectivity index (χ3n) is 3.18. The topological polar surface area (TPSA) is 72.5 Å². The predicted molar refractivity (Wildman–Crippen MR) is 91.6 cm³/mol. The Hall–Kier alpha value is -1.70. The number of nitrogens with one attached hydrogen (secondary N) is 1. The lowest BCUT2D eigenvalue weighted by molar-refractivity contribution is 0.102. The van der Waals surface area contributed by atoms with Gasteiger partial charge < -0.3 is 4.74 Å². The second-order valence-electron chi connectivity index (χ2n) is 4.70. The van der Waals surface area contributed by atoms with Gasteiger partial charge in [0.05, 0.1) is 5.33 Å². The summed E-state index contributed by atoms with van der Waals surface area (Å²) in [5, 5.41) is 0.156. The Morgan fingerprint density at radius 3 is 2.48 bits per heavy atom. The highest BCUT2D eigenvalue weighted by Gasteiger charge is 2.20. The van der Waals surface area contributed by atoms with Gasteiger partial charge in [-0.1, -0.05) is 46.3 Å². The Balaban J connectivity index is 2.38. The van der Waals surface area contributed by atoms with Gasteiger partial charge in [0.15, 0.2) is 5.78 Å². The van der Waals surface area contributed by atoms with E-state index in [-0.39, 0.29) is 28.4 Å². The van der Waals surface area contributed by atoms with Crippen LogP contribution in [0.3, 0.4) is 0 Å². The molecule has 0 aromatic heterocycles. The largest absolute Gasteiger partial charge is 0.487 e. The van der Waals surface area contributed by atoms with Gasteiger partial charge in [0.1, 0.15) is 17.3 Å². The molecule has 1 N–H and O–H groups in total. The average molecular weight is 398 g/mol. The lowest BCUT2D eigenvalue weighted by atomic mass is 10.1. The Morgan fingerprint density at radius 1 is 1.17 bits per heavy atom. The Kier molecular flexibility index (Phi) is 5.92. The molecule has 0 aliphatic heterocycles. The number of ether oxygens (including phenoxy) is 1. The SMILES string of the molecule is CNS(=O)(=O)c1ccc(C(=O)CBr)cc1OCc1ccccc1. The van der Waals surface area contributed by atoms with Crippen molar-refractivity contribution < 1.29 is 17.9 Å². The normalized spacial score (nSPS) is 11.2. The molecule has 0 bridgehead atoms. The highest BCUT2D eigenvalue weighted by molar-refractivity contribution is 9.09. The van der Waals surface area contributed by atoms with E-state index in [0.717, 1.165) is 5.56 Å². The van der Waals surface area contributed by atoms with E-state index in [4.69, 9.17) is 4.74 Å². The molecule has 2 aromatic rings. The Bertz CT molecular complexity index is 791. The Morgan fingerprint density at radius 2 is 1.87 bits per heavy atom. The van der Waals surface area contributed by atoms with E-state index >= 15 is 0 Å². The summed E-state index contributed by atoms with van der Waals surface area (Å²) < 4.78 is 32.1. The Labute approximate surface area is 143 Å². The van der Waals surface area contributed by atoms with Crippen molar-refractivity contribution in [1.82, 2.24) is 4.72 Å². The monoisotopic (exact) mass is 397 g/mol. The van der Waals surface area contributed by atoms with Gasteiger partial charge in [-0.25, -0.2) is 13.1 Å². The van der Waals surface area contributed by atoms with Crippen LogP contribution < -0.4 is 9.46 Å². The molecule has 2 rings (SSSR count). The quantitative estimate of drug-likeness (QED) is 0.575. The fourth-order valence-electron chi connectivity index (χ4n) is 1.94. The molecule has 0 fully saturated rings. The maximum absolute atomic E-state index is 12.1. The molecule has 0 aliphatic rings. The number of halogens is 1. The maximum atomic E-state index is 12.1. The van der Waals surface area contributed by atoms with Crippen LogP contribution >= 0.6 is 15.9 Å². The number of hydrogen-bond acceptors (Lipinski definition) is 4. The van der Waals surface area contributed by atoms with Crippen molar-refractivity contribution in [2.45, 2.75) is 11.5 Å². The van der Waals surface area contributed by atoms with Crippen LogP contribution in [0, 0.1) is 0 Å². The molecule has 0 saturated heterocycles. The number of rotatable bonds is 7. The minimum atomic E-state index is -3.68. The smallest absolute Gasteiger partial charge is 0.243 e. The summed E-state index contributed by atoms with van der Waals surface area (Å²) in [6.45, 7) is 0.207. The van der Waals surface area contributed by atoms with Crippen molar-refractivity contribution in [3.63, 3.8) is 0 Å². The highest BCUT2D eigenvalue weighted by Crippen LogP contribution is 2.26. The summed E-state index contributed by atoms with van der Waals surface area (Å²) in [7, 11) is -2.35. The number of hydrogen-bond donors (Lipinski definition) is 1. The van der Waals surface area contributed by atoms with Gasteiger partial charge in [0.2, 0.25) is 10.0 Å². The number of carbonyl (C=O) groups excluding carboxylic acids is 1. The summed E-state index contributed by atoms with van der Waals surface area (Å²) in [5.74, 6) is -0.00188. The molecule has 0 unspecified atom stereocenters. The third kappa shape index (κ3) is 4.40. The van der Waals surface area contributed by atoms with Crippen molar-refractivity contribution in [3.05, 3.63) is 59.7 Å². The molecular formula is C16H16BrNO4S. The molecule has 0 saturated carbocycles. The fraction of sp³-hybridized carbons (Fsp3) is 0.188. The number of Topliss-reactive ketones (excluding diaryl/α,β-unsaturated/α-hetero) is 1. The van der Waals surface area contributed by atoms with E-state index in [1.54, 1.807) is 0 Å². The molecule has 0 spiro atoms. The minimum Gasteiger partial charge on any atom is -0.487 e. The second-order valence-corrected chi connectivity index (χ2v) is 7.12. The zero-order valence-electron chi connectivity index (χ0n) is 12.5. The van der Waals surface area contributed by atoms with Gasteiger partial charge in [0.25, 0.3) is 0 Å². The van der Waals surface area contributed by atoms with Crippen LogP contribution in [0.15, 0.2) is 53.4 Å². The molecule has 0 radical (unpaired) electrons. The first kappa shape index (κ1) is 17.7. The predicted octanol–water partition coefficient (Wildman–Crippen LogP) is 2.75. The van der Waals surface area contributed by atoms with Crippen molar-refractivity contribution >= 4 is 31.7 Å². The summed E-state index contributed by atoms with van der Waals surface area (Å²) in [6.07, 6.45) is 0. The van der Waals surface area contributed by atoms with Crippen LogP contribution in [-0.2, 0) is 16.6 Å². The summed E-state index contributed by atoms with van der Waals surface area (Å²) in [4.78, 5) is 11.8. The zero-order chi connectivity index (χ0) is 16.9. The van der Waals surface area contributed by atoms with Crippen LogP contribution in [-0.4, -0.2) is 26.6 Å². The van der Waals surface area contributed by atoms with E-state index in [1.165, 1.54) is 25.2 Å². The third-order valence-corrected chi connectivity index (χ3v) is 5.15. The van der Waals surface area contributed by atoms with Gasteiger partial charge in [-0.2, -0.15) is 0 Å². The van der Waals surface area contributed by atoms with Gasteiger partial charge in [-0.05, 0) is 30.8 Å². The zero-order valence-corrected chi connectivity index (χ0v) is 14.9. The molecule has 0 aliphatic carbocycles. The second kappa shape index (κ2) is 7.72. The van der Waals surface area contributed by atoms with E-state index in [9.17, 15) is 13.2 Å². The number of alkyl halides is 1. The van der Waals surface area contributed by atoms with Gasteiger partial charge in [0, 0.05) is 5.56 Å². The minimum absolute atomic E-state index is 0.00190. The first-order chi connectivity index (χ1) is 11.0. The maximum Gasteiger partial charge on any atom is 0.243 e. The van der Waals surface area contributed by atoms with Crippen LogP contribution in [0.4, 0.5) is 0 Å². The van der Waals surface area contributed by atoms with Crippen molar-refractivity contribution in [3.8, 4) is 5.75 Å². The van der Waals surface area contributed by atoms with E-state index in [1.807, 2.05) is 30.3 Å². The number of carbonyl (C=O) groups is 1. The number of benzene rings is 2. The highest BCUT2D eigenvalue weighted by atomic mass is 79.9. The number of ketones is 1. The molecule has 7 heteroatoms. The summed E-state index contributed by atoms with van der Waals surface area (Å²) in [5.41, 5.74) is 1.29. The molecule has 0 heterocycles. The van der Waals surface area contributed by atoms with Crippen LogP contribution in [0.5, 0.6) is 5.75 Å². The molecule has 5 nitrogen and oxygen atoms in total. The number of sulfonamides is 1. The molecule has 0 atom stereocenters. The summed E-state index contributed by atoms with van der Waals surface area (Å²) in [6, 6.07) is 13.7. The van der Waals surface area contributed by atoms with E-state index < -0.39 is 10.0 Å². The molecule has 0 amide bonds. The standard InChI is InChI=1S/C16H16BrNO4S/c1-18-23(20,21)16-8-7-13(14(19)10-17)9-15(16)22-11-12-5-3-2-4-6-12/h2-9,18H,10-11H2,1H3. The van der Waals surface area contributed by atoms with Crippen LogP contribution in [0.1, 0.15) is 15.9 Å². The first-order valence-electron chi connectivity index (χ1n) is 6.81. The first-order valence-corrected chi connectivity index (χ1v) is 9.42. The van der Waals surface area contributed by atoms with Crippen molar-refractivity contribution in [2.24, 2.45) is 0 Å². The molecular weight excluding hydrogens is 382 g/mol. The molecule has 2 aromatic carbocycles. The molecule has 122 valence electrons. The fourth-order valence-corrected chi connectivity index (χ4v) is 3.11. The van der Waals surface area contributed by atoms with Gasteiger partial charge >= 0.3 is 0 Å². The van der Waals surface area contributed by atoms with Gasteiger partial charge in [-0.3, -0.25) is 4.79 Å². The van der Waals surface area contributed by atoms with Crippen LogP contribution in [0.25, 0.3) is 0 Å². The van der Waals surface area contributed by atoms with E-state index in [0.29, 0.717) is 5.56 Å². The van der Waals surface area contributed by atoms with Crippen LogP contribution in [0.2, 0.25) is 0 Å².